The largest absolute Gasteiger partial charge is 0.489 e. The first-order chi connectivity index (χ1) is 13.8. The summed E-state index contributed by atoms with van der Waals surface area (Å²) >= 11 is 0. The van der Waals surface area contributed by atoms with Crippen molar-refractivity contribution in [3.05, 3.63) is 75.6 Å². The Hall–Kier alpha value is -2.60. The van der Waals surface area contributed by atoms with Crippen LogP contribution in [-0.2, 0) is 22.6 Å². The average molecular weight is 404 g/mol. The van der Waals surface area contributed by atoms with E-state index in [9.17, 15) is 18.0 Å². The quantitative estimate of drug-likeness (QED) is 0.372. The molecule has 1 aliphatic carbocycles. The number of rotatable bonds is 6. The summed E-state index contributed by atoms with van der Waals surface area (Å²) < 4.78 is 51.6. The highest BCUT2D eigenvalue weighted by Crippen LogP contribution is 2.45. The Morgan fingerprint density at radius 3 is 2.45 bits per heavy atom. The standard InChI is InChI=1S/C23H23F3O3/c1-12-7-20(29-11-15-8-18(24)22(26)19(25)9-15)14(3)21-16(12)5-6-17(13(2)10-27)23(21)28-4/h7-10,17,23H,2,5-6,11H2,1,3-4H3/t17-,23+/m0/s1. The highest BCUT2D eigenvalue weighted by Gasteiger charge is 2.34. The molecule has 0 saturated heterocycles. The van der Waals surface area contributed by atoms with Crippen molar-refractivity contribution in [2.24, 2.45) is 5.92 Å². The molecule has 0 spiro atoms. The van der Waals surface area contributed by atoms with Gasteiger partial charge in [-0.05, 0) is 78.3 Å². The van der Waals surface area contributed by atoms with Gasteiger partial charge in [0.2, 0.25) is 0 Å². The zero-order chi connectivity index (χ0) is 21.3. The van der Waals surface area contributed by atoms with Crippen LogP contribution in [0.2, 0.25) is 0 Å². The molecule has 6 heteroatoms. The van der Waals surface area contributed by atoms with E-state index in [0.717, 1.165) is 53.5 Å². The van der Waals surface area contributed by atoms with E-state index in [-0.39, 0.29) is 24.2 Å². The van der Waals surface area contributed by atoms with Gasteiger partial charge in [-0.1, -0.05) is 6.58 Å². The predicted molar refractivity (Wildman–Crippen MR) is 103 cm³/mol. The number of ether oxygens (including phenoxy) is 2. The molecule has 0 heterocycles. The number of carbonyl (C=O) groups excluding carboxylic acids is 1. The third kappa shape index (κ3) is 3.94. The van der Waals surface area contributed by atoms with Gasteiger partial charge in [-0.25, -0.2) is 13.2 Å². The Morgan fingerprint density at radius 2 is 1.86 bits per heavy atom. The summed E-state index contributed by atoms with van der Waals surface area (Å²) in [5.41, 5.74) is 4.63. The second-order valence-electron chi connectivity index (χ2n) is 7.37. The second-order valence-corrected chi connectivity index (χ2v) is 7.37. The van der Waals surface area contributed by atoms with Gasteiger partial charge in [0.1, 0.15) is 18.6 Å². The Labute approximate surface area is 168 Å². The van der Waals surface area contributed by atoms with Crippen LogP contribution in [0, 0.1) is 37.2 Å². The van der Waals surface area contributed by atoms with Crippen molar-refractivity contribution in [1.29, 1.82) is 0 Å². The van der Waals surface area contributed by atoms with Crippen LogP contribution in [0.3, 0.4) is 0 Å². The maximum atomic E-state index is 13.5. The molecule has 0 bridgehead atoms. The highest BCUT2D eigenvalue weighted by atomic mass is 19.2. The summed E-state index contributed by atoms with van der Waals surface area (Å²) in [5, 5.41) is 0. The molecule has 0 N–H and O–H groups in total. The number of hydrogen-bond donors (Lipinski definition) is 0. The van der Waals surface area contributed by atoms with Gasteiger partial charge in [0.15, 0.2) is 17.5 Å². The summed E-state index contributed by atoms with van der Waals surface area (Å²) in [5.74, 6) is -3.59. The van der Waals surface area contributed by atoms with Gasteiger partial charge in [0.25, 0.3) is 0 Å². The van der Waals surface area contributed by atoms with Crippen molar-refractivity contribution in [1.82, 2.24) is 0 Å². The molecule has 29 heavy (non-hydrogen) atoms. The SMILES string of the molecule is C=C(C=O)[C@@H]1CCc2c(C)cc(OCc3cc(F)c(F)c(F)c3)c(C)c2[C@@H]1OC. The summed E-state index contributed by atoms with van der Waals surface area (Å²) in [6, 6.07) is 3.72. The van der Waals surface area contributed by atoms with E-state index in [0.29, 0.717) is 11.3 Å². The van der Waals surface area contributed by atoms with E-state index in [2.05, 4.69) is 6.58 Å². The molecule has 0 aromatic heterocycles. The molecular weight excluding hydrogens is 381 g/mol. The lowest BCUT2D eigenvalue weighted by Crippen LogP contribution is -2.26. The molecule has 3 nitrogen and oxygen atoms in total. The van der Waals surface area contributed by atoms with Gasteiger partial charge >= 0.3 is 0 Å². The molecule has 2 aromatic carbocycles. The molecule has 0 amide bonds. The van der Waals surface area contributed by atoms with Gasteiger partial charge in [-0.2, -0.15) is 0 Å². The lowest BCUT2D eigenvalue weighted by molar-refractivity contribution is -0.106. The number of carbonyl (C=O) groups is 1. The monoisotopic (exact) mass is 404 g/mol. The van der Waals surface area contributed by atoms with Crippen LogP contribution in [0.15, 0.2) is 30.4 Å². The Morgan fingerprint density at radius 1 is 1.21 bits per heavy atom. The molecule has 3 rings (SSSR count). The number of aldehydes is 1. The van der Waals surface area contributed by atoms with Crippen LogP contribution in [-0.4, -0.2) is 13.4 Å². The van der Waals surface area contributed by atoms with Crippen LogP contribution in [0.4, 0.5) is 13.2 Å². The summed E-state index contributed by atoms with van der Waals surface area (Å²) in [6.45, 7) is 7.59. The number of fused-ring (bicyclic) bond motifs is 1. The molecule has 0 radical (unpaired) electrons. The first-order valence-corrected chi connectivity index (χ1v) is 9.34. The normalized spacial score (nSPS) is 18.3. The smallest absolute Gasteiger partial charge is 0.194 e. The number of aryl methyl sites for hydroxylation is 1. The Kier molecular flexibility index (Phi) is 6.13. The summed E-state index contributed by atoms with van der Waals surface area (Å²) in [6.07, 6.45) is 1.98. The van der Waals surface area contributed by atoms with E-state index < -0.39 is 17.5 Å². The van der Waals surface area contributed by atoms with Crippen LogP contribution in [0.5, 0.6) is 5.75 Å². The maximum Gasteiger partial charge on any atom is 0.194 e. The minimum Gasteiger partial charge on any atom is -0.489 e. The zero-order valence-corrected chi connectivity index (χ0v) is 16.7. The van der Waals surface area contributed by atoms with E-state index in [1.54, 1.807) is 7.11 Å². The highest BCUT2D eigenvalue weighted by molar-refractivity contribution is 5.73. The van der Waals surface area contributed by atoms with Crippen LogP contribution < -0.4 is 4.74 Å². The third-order valence-corrected chi connectivity index (χ3v) is 5.60. The number of halogens is 3. The molecule has 0 aliphatic heterocycles. The van der Waals surface area contributed by atoms with Gasteiger partial charge in [-0.3, -0.25) is 4.79 Å². The first-order valence-electron chi connectivity index (χ1n) is 9.34. The molecule has 0 saturated carbocycles. The molecule has 0 fully saturated rings. The first kappa shape index (κ1) is 21.1. The Bertz CT molecular complexity index is 945. The van der Waals surface area contributed by atoms with Crippen LogP contribution in [0.1, 0.15) is 40.3 Å². The minimum absolute atomic E-state index is 0.116. The van der Waals surface area contributed by atoms with Crippen molar-refractivity contribution in [3.8, 4) is 5.75 Å². The molecule has 0 unspecified atom stereocenters. The molecular formula is C23H23F3O3. The predicted octanol–water partition coefficient (Wildman–Crippen LogP) is 5.30. The topological polar surface area (TPSA) is 35.5 Å². The van der Waals surface area contributed by atoms with Crippen molar-refractivity contribution in [2.75, 3.05) is 7.11 Å². The molecule has 154 valence electrons. The second kappa shape index (κ2) is 8.41. The minimum atomic E-state index is -1.50. The fourth-order valence-electron chi connectivity index (χ4n) is 4.08. The Balaban J connectivity index is 1.95. The lowest BCUT2D eigenvalue weighted by atomic mass is 9.75. The van der Waals surface area contributed by atoms with Gasteiger partial charge in [0, 0.05) is 13.0 Å². The van der Waals surface area contributed by atoms with Crippen molar-refractivity contribution in [3.63, 3.8) is 0 Å². The van der Waals surface area contributed by atoms with Crippen LogP contribution >= 0.6 is 0 Å². The van der Waals surface area contributed by atoms with E-state index >= 15 is 0 Å². The fraction of sp³-hybridized carbons (Fsp3) is 0.348. The fourth-order valence-corrected chi connectivity index (χ4v) is 4.08. The molecule has 2 aromatic rings. The van der Waals surface area contributed by atoms with Gasteiger partial charge in [-0.15, -0.1) is 0 Å². The van der Waals surface area contributed by atoms with Crippen molar-refractivity contribution >= 4 is 6.29 Å². The molecule has 1 aliphatic rings. The maximum absolute atomic E-state index is 13.5. The van der Waals surface area contributed by atoms with Crippen LogP contribution in [0.25, 0.3) is 0 Å². The number of methoxy groups -OCH3 is 1. The third-order valence-electron chi connectivity index (χ3n) is 5.60. The van der Waals surface area contributed by atoms with Gasteiger partial charge in [0.05, 0.1) is 6.10 Å². The van der Waals surface area contributed by atoms with Gasteiger partial charge < -0.3 is 9.47 Å². The summed E-state index contributed by atoms with van der Waals surface area (Å²) in [7, 11) is 1.59. The van der Waals surface area contributed by atoms with E-state index in [4.69, 9.17) is 9.47 Å². The number of hydrogen-bond acceptors (Lipinski definition) is 3. The van der Waals surface area contributed by atoms with E-state index in [1.165, 1.54) is 0 Å². The van der Waals surface area contributed by atoms with E-state index in [1.807, 2.05) is 19.9 Å². The number of benzene rings is 2. The van der Waals surface area contributed by atoms with Crippen molar-refractivity contribution < 1.29 is 27.4 Å². The molecule has 2 atom stereocenters. The zero-order valence-electron chi connectivity index (χ0n) is 16.7. The lowest BCUT2D eigenvalue weighted by Gasteiger charge is -2.35. The van der Waals surface area contributed by atoms with Crippen molar-refractivity contribution in [2.45, 2.75) is 39.4 Å². The average Bonchev–Trinajstić information content (AvgIpc) is 2.71. The summed E-state index contributed by atoms with van der Waals surface area (Å²) in [4.78, 5) is 11.3.